The molecule has 33 heavy (non-hydrogen) atoms. The SMILES string of the molecule is Cc1ccc(-n2c(N/N=C/c3ccc(F)cc3)nc3sc4c(c3c2=O)CC(C)(C)OC4)cc1. The lowest BCUT2D eigenvalue weighted by Gasteiger charge is -2.29. The highest BCUT2D eigenvalue weighted by molar-refractivity contribution is 7.18. The molecule has 0 spiro atoms. The molecule has 6 nitrogen and oxygen atoms in total. The van der Waals surface area contributed by atoms with Gasteiger partial charge in [-0.3, -0.25) is 4.79 Å². The summed E-state index contributed by atoms with van der Waals surface area (Å²) in [6, 6.07) is 13.7. The summed E-state index contributed by atoms with van der Waals surface area (Å²) in [5.41, 5.74) is 5.98. The van der Waals surface area contributed by atoms with Crippen molar-refractivity contribution in [3.63, 3.8) is 0 Å². The smallest absolute Gasteiger partial charge is 0.268 e. The van der Waals surface area contributed by atoms with Crippen LogP contribution in [0, 0.1) is 12.7 Å². The first-order chi connectivity index (χ1) is 15.8. The summed E-state index contributed by atoms with van der Waals surface area (Å²) < 4.78 is 20.7. The number of aromatic nitrogens is 2. The number of hydrogen-bond acceptors (Lipinski definition) is 6. The average molecular weight is 463 g/mol. The molecule has 0 saturated heterocycles. The summed E-state index contributed by atoms with van der Waals surface area (Å²) in [6.07, 6.45) is 2.22. The van der Waals surface area contributed by atoms with Crippen molar-refractivity contribution < 1.29 is 9.13 Å². The maximum Gasteiger partial charge on any atom is 0.268 e. The molecule has 0 amide bonds. The van der Waals surface area contributed by atoms with E-state index in [-0.39, 0.29) is 17.0 Å². The van der Waals surface area contributed by atoms with Crippen LogP contribution >= 0.6 is 11.3 Å². The van der Waals surface area contributed by atoms with Gasteiger partial charge in [0.25, 0.3) is 5.56 Å². The van der Waals surface area contributed by atoms with Crippen LogP contribution in [0.1, 0.15) is 35.4 Å². The van der Waals surface area contributed by atoms with Crippen molar-refractivity contribution in [1.82, 2.24) is 9.55 Å². The number of ether oxygens (including phenoxy) is 1. The van der Waals surface area contributed by atoms with Gasteiger partial charge in [0.2, 0.25) is 5.95 Å². The van der Waals surface area contributed by atoms with Crippen molar-refractivity contribution in [2.45, 2.75) is 39.4 Å². The highest BCUT2D eigenvalue weighted by atomic mass is 32.1. The van der Waals surface area contributed by atoms with Crippen molar-refractivity contribution in [3.8, 4) is 5.69 Å². The van der Waals surface area contributed by atoms with Crippen molar-refractivity contribution in [1.29, 1.82) is 0 Å². The number of fused-ring (bicyclic) bond motifs is 3. The van der Waals surface area contributed by atoms with E-state index < -0.39 is 0 Å². The third-order valence-electron chi connectivity index (χ3n) is 5.65. The van der Waals surface area contributed by atoms with Gasteiger partial charge in [0.05, 0.1) is 29.5 Å². The second-order valence-corrected chi connectivity index (χ2v) is 9.83. The minimum Gasteiger partial charge on any atom is -0.370 e. The van der Waals surface area contributed by atoms with Crippen molar-refractivity contribution in [2.75, 3.05) is 5.43 Å². The lowest BCUT2D eigenvalue weighted by Crippen LogP contribution is -2.32. The van der Waals surface area contributed by atoms with Crippen LogP contribution < -0.4 is 11.0 Å². The largest absolute Gasteiger partial charge is 0.370 e. The Morgan fingerprint density at radius 1 is 1.18 bits per heavy atom. The normalized spacial score (nSPS) is 15.2. The fourth-order valence-electron chi connectivity index (χ4n) is 3.91. The number of halogens is 1. The first-order valence-corrected chi connectivity index (χ1v) is 11.5. The molecule has 0 radical (unpaired) electrons. The minimum atomic E-state index is -0.335. The van der Waals surface area contributed by atoms with E-state index in [1.54, 1.807) is 22.9 Å². The number of benzene rings is 2. The molecule has 0 unspecified atom stereocenters. The van der Waals surface area contributed by atoms with Crippen LogP contribution in [-0.4, -0.2) is 21.4 Å². The summed E-state index contributed by atoms with van der Waals surface area (Å²) >= 11 is 1.48. The van der Waals surface area contributed by atoms with Gasteiger partial charge in [0.1, 0.15) is 10.6 Å². The first kappa shape index (κ1) is 21.5. The molecule has 1 aliphatic rings. The van der Waals surface area contributed by atoms with Crippen molar-refractivity contribution in [3.05, 3.63) is 86.3 Å². The fourth-order valence-corrected chi connectivity index (χ4v) is 5.01. The first-order valence-electron chi connectivity index (χ1n) is 10.6. The lowest BCUT2D eigenvalue weighted by molar-refractivity contribution is -0.0379. The van der Waals surface area contributed by atoms with Crippen LogP contribution in [0.2, 0.25) is 0 Å². The van der Waals surface area contributed by atoms with E-state index in [1.165, 1.54) is 23.5 Å². The van der Waals surface area contributed by atoms with Gasteiger partial charge >= 0.3 is 0 Å². The molecular formula is C25H23FN4O2S. The Bertz CT molecular complexity index is 1420. The van der Waals surface area contributed by atoms with Gasteiger partial charge in [0, 0.05) is 11.3 Å². The zero-order valence-electron chi connectivity index (χ0n) is 18.6. The van der Waals surface area contributed by atoms with Crippen LogP contribution in [0.5, 0.6) is 0 Å². The Labute approximate surface area is 194 Å². The average Bonchev–Trinajstić information content (AvgIpc) is 3.13. The van der Waals surface area contributed by atoms with E-state index in [4.69, 9.17) is 9.72 Å². The van der Waals surface area contributed by atoms with E-state index in [2.05, 4.69) is 10.5 Å². The number of thiophene rings is 1. The van der Waals surface area contributed by atoms with Gasteiger partial charge in [-0.1, -0.05) is 29.8 Å². The molecule has 0 atom stereocenters. The Morgan fingerprint density at radius 3 is 2.64 bits per heavy atom. The molecule has 8 heteroatoms. The predicted octanol–water partition coefficient (Wildman–Crippen LogP) is 5.19. The van der Waals surface area contributed by atoms with Crippen LogP contribution in [0.4, 0.5) is 10.3 Å². The highest BCUT2D eigenvalue weighted by Gasteiger charge is 2.31. The minimum absolute atomic E-state index is 0.140. The number of aryl methyl sites for hydroxylation is 1. The Hall–Kier alpha value is -3.36. The summed E-state index contributed by atoms with van der Waals surface area (Å²) in [7, 11) is 0. The van der Waals surface area contributed by atoms with E-state index in [0.717, 1.165) is 21.6 Å². The summed E-state index contributed by atoms with van der Waals surface area (Å²) in [6.45, 7) is 6.53. The van der Waals surface area contributed by atoms with Gasteiger partial charge in [-0.15, -0.1) is 11.3 Å². The highest BCUT2D eigenvalue weighted by Crippen LogP contribution is 2.37. The van der Waals surface area contributed by atoms with Crippen molar-refractivity contribution in [2.24, 2.45) is 5.10 Å². The lowest BCUT2D eigenvalue weighted by atomic mass is 9.94. The zero-order chi connectivity index (χ0) is 23.2. The fraction of sp³-hybridized carbons (Fsp3) is 0.240. The monoisotopic (exact) mass is 462 g/mol. The van der Waals surface area contributed by atoms with Crippen LogP contribution in [0.15, 0.2) is 58.4 Å². The standard InChI is InChI=1S/C25H23FN4O2S/c1-15-4-10-18(11-5-15)30-23(31)21-19-12-25(2,3)32-14-20(19)33-22(21)28-24(30)29-27-13-16-6-8-17(26)9-7-16/h4-11,13H,12,14H2,1-3H3,(H,28,29)/b27-13+. The topological polar surface area (TPSA) is 68.5 Å². The second kappa shape index (κ2) is 8.20. The van der Waals surface area contributed by atoms with E-state index in [9.17, 15) is 9.18 Å². The number of nitrogens with one attached hydrogen (secondary N) is 1. The predicted molar refractivity (Wildman–Crippen MR) is 130 cm³/mol. The van der Waals surface area contributed by atoms with Gasteiger partial charge in [0.15, 0.2) is 0 Å². The van der Waals surface area contributed by atoms with Gasteiger partial charge in [-0.2, -0.15) is 5.10 Å². The Balaban J connectivity index is 1.64. The molecule has 0 saturated carbocycles. The third-order valence-corrected chi connectivity index (χ3v) is 6.74. The zero-order valence-corrected chi connectivity index (χ0v) is 19.4. The maximum absolute atomic E-state index is 13.8. The molecule has 1 N–H and O–H groups in total. The van der Waals surface area contributed by atoms with Crippen LogP contribution in [-0.2, 0) is 17.8 Å². The second-order valence-electron chi connectivity index (χ2n) is 8.74. The molecule has 0 bridgehead atoms. The molecule has 5 rings (SSSR count). The molecule has 3 heterocycles. The van der Waals surface area contributed by atoms with Crippen LogP contribution in [0.3, 0.4) is 0 Å². The maximum atomic E-state index is 13.8. The number of anilines is 1. The molecule has 1 aliphatic heterocycles. The molecular weight excluding hydrogens is 439 g/mol. The third kappa shape index (κ3) is 4.19. The van der Waals surface area contributed by atoms with Gasteiger partial charge in [-0.05, 0) is 56.2 Å². The number of rotatable bonds is 4. The number of hydrogen-bond donors (Lipinski definition) is 1. The van der Waals surface area contributed by atoms with E-state index in [0.29, 0.717) is 34.9 Å². The molecule has 0 aliphatic carbocycles. The van der Waals surface area contributed by atoms with E-state index in [1.807, 2.05) is 45.0 Å². The number of hydrazone groups is 1. The van der Waals surface area contributed by atoms with Gasteiger partial charge in [-0.25, -0.2) is 19.4 Å². The Morgan fingerprint density at radius 2 is 1.91 bits per heavy atom. The molecule has 0 fully saturated rings. The molecule has 2 aromatic heterocycles. The van der Waals surface area contributed by atoms with Crippen molar-refractivity contribution >= 4 is 33.7 Å². The summed E-state index contributed by atoms with van der Waals surface area (Å²) in [4.78, 5) is 20.3. The van der Waals surface area contributed by atoms with E-state index >= 15 is 0 Å². The van der Waals surface area contributed by atoms with Crippen LogP contribution in [0.25, 0.3) is 15.9 Å². The molecule has 4 aromatic rings. The molecule has 168 valence electrons. The summed E-state index contributed by atoms with van der Waals surface area (Å²) in [5.74, 6) is 0.00254. The quantitative estimate of drug-likeness (QED) is 0.335. The van der Waals surface area contributed by atoms with Gasteiger partial charge < -0.3 is 4.74 Å². The number of nitrogens with zero attached hydrogens (tertiary/aromatic N) is 3. The summed E-state index contributed by atoms with van der Waals surface area (Å²) in [5, 5.41) is 4.90. The Kier molecular flexibility index (Phi) is 5.34. The molecule has 2 aromatic carbocycles.